The number of anilines is 1. The van der Waals surface area contributed by atoms with Crippen LogP contribution in [0.2, 0.25) is 5.02 Å². The Morgan fingerprint density at radius 1 is 1.12 bits per heavy atom. The van der Waals surface area contributed by atoms with Crippen molar-refractivity contribution in [2.24, 2.45) is 4.99 Å². The number of benzene rings is 2. The predicted molar refractivity (Wildman–Crippen MR) is 158 cm³/mol. The molecular formula is C29H32ClN5O4S. The second-order valence-corrected chi connectivity index (χ2v) is 10.9. The second-order valence-electron chi connectivity index (χ2n) is 9.61. The van der Waals surface area contributed by atoms with E-state index in [4.69, 9.17) is 26.1 Å². The average molecular weight is 582 g/mol. The molecule has 1 unspecified atom stereocenters. The van der Waals surface area contributed by atoms with Crippen LogP contribution in [0.15, 0.2) is 75.9 Å². The van der Waals surface area contributed by atoms with Gasteiger partial charge in [0.05, 0.1) is 44.1 Å². The molecule has 1 atom stereocenters. The van der Waals surface area contributed by atoms with Crippen LogP contribution in [0.25, 0.3) is 0 Å². The number of nitrogens with zero attached hydrogens (tertiary/aromatic N) is 3. The molecule has 0 spiro atoms. The van der Waals surface area contributed by atoms with E-state index >= 15 is 0 Å². The average Bonchev–Trinajstić information content (AvgIpc) is 3.35. The summed E-state index contributed by atoms with van der Waals surface area (Å²) in [5.74, 6) is 0.356. The molecule has 3 aliphatic rings. The number of morpholine rings is 1. The van der Waals surface area contributed by atoms with Crippen molar-refractivity contribution in [3.8, 4) is 5.75 Å². The number of carbonyl (C=O) groups is 2. The van der Waals surface area contributed by atoms with Crippen LogP contribution in [0, 0.1) is 0 Å². The molecule has 0 aromatic heterocycles. The summed E-state index contributed by atoms with van der Waals surface area (Å²) in [4.78, 5) is 35.8. The Hall–Kier alpha value is -3.31. The van der Waals surface area contributed by atoms with Gasteiger partial charge in [-0.1, -0.05) is 35.5 Å². The highest BCUT2D eigenvalue weighted by Gasteiger charge is 2.40. The highest BCUT2D eigenvalue weighted by Crippen LogP contribution is 2.45. The minimum Gasteiger partial charge on any atom is -0.497 e. The summed E-state index contributed by atoms with van der Waals surface area (Å²) in [6.07, 6.45) is 0.172. The molecule has 3 heterocycles. The van der Waals surface area contributed by atoms with Crippen LogP contribution in [-0.4, -0.2) is 73.3 Å². The topological polar surface area (TPSA) is 95.5 Å². The van der Waals surface area contributed by atoms with Gasteiger partial charge in [0.1, 0.15) is 5.75 Å². The van der Waals surface area contributed by atoms with E-state index in [2.05, 4.69) is 15.5 Å². The smallest absolute Gasteiger partial charge is 0.255 e. The summed E-state index contributed by atoms with van der Waals surface area (Å²) in [5.41, 5.74) is 3.42. The van der Waals surface area contributed by atoms with Crippen molar-refractivity contribution in [3.63, 3.8) is 0 Å². The summed E-state index contributed by atoms with van der Waals surface area (Å²) in [7, 11) is 1.60. The first-order valence-electron chi connectivity index (χ1n) is 13.1. The van der Waals surface area contributed by atoms with Gasteiger partial charge in [-0.15, -0.1) is 0 Å². The Balaban J connectivity index is 1.35. The Labute approximate surface area is 243 Å². The van der Waals surface area contributed by atoms with Gasteiger partial charge in [0.25, 0.3) is 5.91 Å². The summed E-state index contributed by atoms with van der Waals surface area (Å²) in [6, 6.07) is 14.1. The normalized spacial score (nSPS) is 19.1. The minimum absolute atomic E-state index is 0.0771. The number of aliphatic imine (C=N–C) groups is 1. The van der Waals surface area contributed by atoms with E-state index in [1.165, 1.54) is 11.8 Å². The number of allylic oxidation sites excluding steroid dienone is 1. The molecular weight excluding hydrogens is 550 g/mol. The number of halogens is 1. The molecule has 2 N–H and O–H groups in total. The maximum absolute atomic E-state index is 13.8. The van der Waals surface area contributed by atoms with Crippen LogP contribution in [0.5, 0.6) is 5.75 Å². The monoisotopic (exact) mass is 581 g/mol. The van der Waals surface area contributed by atoms with Crippen molar-refractivity contribution in [2.75, 3.05) is 51.8 Å². The summed E-state index contributed by atoms with van der Waals surface area (Å²) in [5, 5.41) is 9.33. The highest BCUT2D eigenvalue weighted by atomic mass is 35.5. The molecule has 9 nitrogen and oxygen atoms in total. The fourth-order valence-corrected chi connectivity index (χ4v) is 5.99. The molecule has 2 aromatic carbocycles. The van der Waals surface area contributed by atoms with Crippen molar-refractivity contribution >= 4 is 46.0 Å². The molecule has 1 saturated heterocycles. The van der Waals surface area contributed by atoms with Gasteiger partial charge in [-0.2, -0.15) is 0 Å². The lowest BCUT2D eigenvalue weighted by Crippen LogP contribution is -2.42. The van der Waals surface area contributed by atoms with Gasteiger partial charge in [-0.25, -0.2) is 4.99 Å². The largest absolute Gasteiger partial charge is 0.497 e. The van der Waals surface area contributed by atoms with E-state index in [9.17, 15) is 9.59 Å². The van der Waals surface area contributed by atoms with Crippen LogP contribution >= 0.6 is 23.4 Å². The fourth-order valence-electron chi connectivity index (χ4n) is 4.90. The minimum atomic E-state index is -0.481. The van der Waals surface area contributed by atoms with Crippen LogP contribution in [0.1, 0.15) is 24.9 Å². The standard InChI is InChI=1S/C29H32ClN5O4S/c1-19-26(28(37)33-22-7-9-24(38-2)10-8-22)27(20-3-5-21(30)6-4-20)35-23(18-40-29(35)32-19)17-25(36)31-11-12-34-13-15-39-16-14-34/h3-10,18,27H,11-17H2,1-2H3,(H,31,36)(H,33,37). The van der Waals surface area contributed by atoms with Crippen molar-refractivity contribution in [1.29, 1.82) is 0 Å². The molecule has 11 heteroatoms. The number of fused-ring (bicyclic) bond motifs is 1. The Morgan fingerprint density at radius 2 is 1.85 bits per heavy atom. The molecule has 2 amide bonds. The van der Waals surface area contributed by atoms with Gasteiger partial charge in [-0.05, 0) is 54.3 Å². The number of hydrogen-bond donors (Lipinski definition) is 2. The SMILES string of the molecule is COc1ccc(NC(=O)C2=C(C)N=C3SC=C(CC(=O)NCCN4CCOCC4)N3C2c2ccc(Cl)cc2)cc1. The number of amidine groups is 1. The van der Waals surface area contributed by atoms with Gasteiger partial charge in [0.15, 0.2) is 5.17 Å². The molecule has 3 aliphatic heterocycles. The van der Waals surface area contributed by atoms with Crippen LogP contribution in [0.4, 0.5) is 5.69 Å². The summed E-state index contributed by atoms with van der Waals surface area (Å²) >= 11 is 7.66. The first-order valence-corrected chi connectivity index (χ1v) is 14.4. The molecule has 0 radical (unpaired) electrons. The third kappa shape index (κ3) is 6.52. The molecule has 0 saturated carbocycles. The van der Waals surface area contributed by atoms with E-state index < -0.39 is 6.04 Å². The number of hydrogen-bond acceptors (Lipinski definition) is 8. The van der Waals surface area contributed by atoms with Crippen molar-refractivity contribution in [2.45, 2.75) is 19.4 Å². The lowest BCUT2D eigenvalue weighted by atomic mass is 9.93. The number of carbonyl (C=O) groups excluding carboxylic acids is 2. The number of thioether (sulfide) groups is 1. The highest BCUT2D eigenvalue weighted by molar-refractivity contribution is 8.16. The number of rotatable bonds is 9. The van der Waals surface area contributed by atoms with E-state index in [-0.39, 0.29) is 18.2 Å². The Morgan fingerprint density at radius 3 is 2.55 bits per heavy atom. The Kier molecular flexibility index (Phi) is 9.11. The lowest BCUT2D eigenvalue weighted by Gasteiger charge is -2.36. The maximum atomic E-state index is 13.8. The first-order chi connectivity index (χ1) is 19.4. The van der Waals surface area contributed by atoms with Gasteiger partial charge < -0.3 is 25.0 Å². The summed E-state index contributed by atoms with van der Waals surface area (Å²) in [6.45, 7) is 6.39. The van der Waals surface area contributed by atoms with E-state index in [1.54, 1.807) is 31.4 Å². The number of nitrogens with one attached hydrogen (secondary N) is 2. The number of ether oxygens (including phenoxy) is 2. The number of methoxy groups -OCH3 is 1. The third-order valence-electron chi connectivity index (χ3n) is 6.97. The fraction of sp³-hybridized carbons (Fsp3) is 0.345. The van der Waals surface area contributed by atoms with Crippen LogP contribution < -0.4 is 15.4 Å². The summed E-state index contributed by atoms with van der Waals surface area (Å²) < 4.78 is 10.6. The first kappa shape index (κ1) is 28.2. The zero-order valence-corrected chi connectivity index (χ0v) is 24.1. The van der Waals surface area contributed by atoms with Crippen molar-refractivity contribution in [3.05, 3.63) is 81.5 Å². The lowest BCUT2D eigenvalue weighted by molar-refractivity contribution is -0.120. The molecule has 0 aliphatic carbocycles. The van der Waals surface area contributed by atoms with Gasteiger partial charge >= 0.3 is 0 Å². The van der Waals surface area contributed by atoms with Crippen molar-refractivity contribution < 1.29 is 19.1 Å². The van der Waals surface area contributed by atoms with Gasteiger partial charge in [-0.3, -0.25) is 14.5 Å². The second kappa shape index (κ2) is 12.9. The Bertz CT molecular complexity index is 1340. The molecule has 40 heavy (non-hydrogen) atoms. The van der Waals surface area contributed by atoms with Gasteiger partial charge in [0, 0.05) is 42.6 Å². The molecule has 1 fully saturated rings. The molecule has 210 valence electrons. The van der Waals surface area contributed by atoms with Crippen molar-refractivity contribution in [1.82, 2.24) is 15.1 Å². The molecule has 0 bridgehead atoms. The maximum Gasteiger partial charge on any atom is 0.255 e. The zero-order chi connectivity index (χ0) is 28.1. The molecule has 2 aromatic rings. The van der Waals surface area contributed by atoms with E-state index in [0.717, 1.165) is 49.3 Å². The van der Waals surface area contributed by atoms with Gasteiger partial charge in [0.2, 0.25) is 5.91 Å². The zero-order valence-electron chi connectivity index (χ0n) is 22.5. The van der Waals surface area contributed by atoms with E-state index in [0.29, 0.717) is 34.3 Å². The predicted octanol–water partition coefficient (Wildman–Crippen LogP) is 4.40. The quantitative estimate of drug-likeness (QED) is 0.453. The number of amides is 2. The van der Waals surface area contributed by atoms with Crippen LogP contribution in [0.3, 0.4) is 0 Å². The van der Waals surface area contributed by atoms with E-state index in [1.807, 2.05) is 41.5 Å². The molecule has 5 rings (SSSR count). The van der Waals surface area contributed by atoms with Crippen LogP contribution in [-0.2, 0) is 14.3 Å². The third-order valence-corrected chi connectivity index (χ3v) is 8.12.